The number of rotatable bonds is 4. The Kier molecular flexibility index (Phi) is 3.87. The van der Waals surface area contributed by atoms with Crippen molar-refractivity contribution in [3.05, 3.63) is 48.0 Å². The van der Waals surface area contributed by atoms with Gasteiger partial charge in [-0.15, -0.1) is 0 Å². The minimum atomic E-state index is -0.902. The summed E-state index contributed by atoms with van der Waals surface area (Å²) in [6.45, 7) is 3.51. The molecule has 0 atom stereocenters. The average Bonchev–Trinajstić information content (AvgIpc) is 3.16. The van der Waals surface area contributed by atoms with Crippen LogP contribution in [0, 0.1) is 0 Å². The number of para-hydroxylation sites is 2. The second-order valence-corrected chi connectivity index (χ2v) is 7.08. The normalized spacial score (nSPS) is 16.0. The van der Waals surface area contributed by atoms with Crippen LogP contribution in [0.25, 0.3) is 22.4 Å². The SMILES string of the molecule is COc1ccc(-c2nc3ccccc3[nH]2)cc1CN1C(=O)NC(C)(C)C1=O. The van der Waals surface area contributed by atoms with E-state index >= 15 is 0 Å². The first-order valence-corrected chi connectivity index (χ1v) is 8.65. The maximum atomic E-state index is 12.5. The van der Waals surface area contributed by atoms with Gasteiger partial charge in [-0.25, -0.2) is 9.78 Å². The minimum Gasteiger partial charge on any atom is -0.496 e. The van der Waals surface area contributed by atoms with E-state index in [2.05, 4.69) is 15.3 Å². The third-order valence-electron chi connectivity index (χ3n) is 4.72. The molecular formula is C20H20N4O3. The number of amides is 3. The van der Waals surface area contributed by atoms with Crippen LogP contribution >= 0.6 is 0 Å². The van der Waals surface area contributed by atoms with Gasteiger partial charge in [0, 0.05) is 11.1 Å². The molecule has 3 aromatic rings. The van der Waals surface area contributed by atoms with Crippen LogP contribution in [0.3, 0.4) is 0 Å². The monoisotopic (exact) mass is 364 g/mol. The van der Waals surface area contributed by atoms with Crippen LogP contribution in [0.5, 0.6) is 5.75 Å². The van der Waals surface area contributed by atoms with Gasteiger partial charge in [0.25, 0.3) is 5.91 Å². The molecule has 2 aromatic carbocycles. The van der Waals surface area contributed by atoms with Gasteiger partial charge < -0.3 is 15.0 Å². The van der Waals surface area contributed by atoms with E-state index in [-0.39, 0.29) is 12.5 Å². The Morgan fingerprint density at radius 1 is 1.15 bits per heavy atom. The summed E-state index contributed by atoms with van der Waals surface area (Å²) in [6, 6.07) is 13.0. The molecule has 0 spiro atoms. The molecule has 0 unspecified atom stereocenters. The number of urea groups is 1. The van der Waals surface area contributed by atoms with Gasteiger partial charge in [-0.2, -0.15) is 0 Å². The fraction of sp³-hybridized carbons (Fsp3) is 0.250. The maximum Gasteiger partial charge on any atom is 0.325 e. The molecule has 1 fully saturated rings. The van der Waals surface area contributed by atoms with Crippen molar-refractivity contribution < 1.29 is 14.3 Å². The van der Waals surface area contributed by atoms with E-state index in [4.69, 9.17) is 4.74 Å². The Morgan fingerprint density at radius 2 is 1.93 bits per heavy atom. The molecular weight excluding hydrogens is 344 g/mol. The van der Waals surface area contributed by atoms with Gasteiger partial charge in [0.1, 0.15) is 17.1 Å². The third-order valence-corrected chi connectivity index (χ3v) is 4.72. The summed E-state index contributed by atoms with van der Waals surface area (Å²) in [5.74, 6) is 1.07. The predicted octanol–water partition coefficient (Wildman–Crippen LogP) is 3.07. The average molecular weight is 364 g/mol. The first-order valence-electron chi connectivity index (χ1n) is 8.65. The van der Waals surface area contributed by atoms with Crippen molar-refractivity contribution in [1.29, 1.82) is 0 Å². The van der Waals surface area contributed by atoms with Crippen molar-refractivity contribution >= 4 is 23.0 Å². The lowest BCUT2D eigenvalue weighted by Crippen LogP contribution is -2.40. The van der Waals surface area contributed by atoms with Gasteiger partial charge in [-0.05, 0) is 44.2 Å². The number of hydrogen-bond donors (Lipinski definition) is 2. The highest BCUT2D eigenvalue weighted by Crippen LogP contribution is 2.29. The van der Waals surface area contributed by atoms with Gasteiger partial charge in [-0.1, -0.05) is 12.1 Å². The molecule has 0 aliphatic carbocycles. The van der Waals surface area contributed by atoms with Gasteiger partial charge in [0.15, 0.2) is 0 Å². The number of nitrogens with zero attached hydrogens (tertiary/aromatic N) is 2. The molecule has 7 heteroatoms. The lowest BCUT2D eigenvalue weighted by atomic mass is 10.1. The Hall–Kier alpha value is -3.35. The number of benzene rings is 2. The first kappa shape index (κ1) is 17.1. The molecule has 1 saturated heterocycles. The number of aromatic nitrogens is 2. The number of carbonyl (C=O) groups excluding carboxylic acids is 2. The number of nitrogens with one attached hydrogen (secondary N) is 2. The summed E-state index contributed by atoms with van der Waals surface area (Å²) < 4.78 is 5.43. The van der Waals surface area contributed by atoms with Crippen molar-refractivity contribution in [2.45, 2.75) is 25.9 Å². The Labute approximate surface area is 156 Å². The van der Waals surface area contributed by atoms with Crippen LogP contribution in [0.1, 0.15) is 19.4 Å². The minimum absolute atomic E-state index is 0.130. The predicted molar refractivity (Wildman–Crippen MR) is 101 cm³/mol. The summed E-state index contributed by atoms with van der Waals surface area (Å²) in [5, 5.41) is 2.69. The number of hydrogen-bond acceptors (Lipinski definition) is 4. The summed E-state index contributed by atoms with van der Waals surface area (Å²) in [6.07, 6.45) is 0. The molecule has 0 radical (unpaired) electrons. The standard InChI is InChI=1S/C20H20N4O3/c1-20(2)18(25)24(19(26)23-20)11-13-10-12(8-9-16(13)27-3)17-21-14-6-4-5-7-15(14)22-17/h4-10H,11H2,1-3H3,(H,21,22)(H,23,26). The zero-order valence-electron chi connectivity index (χ0n) is 15.4. The molecule has 138 valence electrons. The van der Waals surface area contributed by atoms with Crippen molar-refractivity contribution in [3.63, 3.8) is 0 Å². The number of ether oxygens (including phenoxy) is 1. The highest BCUT2D eigenvalue weighted by Gasteiger charge is 2.44. The van der Waals surface area contributed by atoms with E-state index in [0.717, 1.165) is 28.0 Å². The van der Waals surface area contributed by atoms with Crippen LogP contribution in [-0.2, 0) is 11.3 Å². The van der Waals surface area contributed by atoms with Crippen molar-refractivity contribution in [2.75, 3.05) is 7.11 Å². The van der Waals surface area contributed by atoms with E-state index in [1.54, 1.807) is 21.0 Å². The van der Waals surface area contributed by atoms with Crippen molar-refractivity contribution in [2.24, 2.45) is 0 Å². The molecule has 2 heterocycles. The van der Waals surface area contributed by atoms with Gasteiger partial charge in [0.05, 0.1) is 24.7 Å². The Balaban J connectivity index is 1.71. The van der Waals surface area contributed by atoms with Gasteiger partial charge >= 0.3 is 6.03 Å². The zero-order valence-corrected chi connectivity index (χ0v) is 15.4. The summed E-state index contributed by atoms with van der Waals surface area (Å²) in [5.41, 5.74) is 2.51. The summed E-state index contributed by atoms with van der Waals surface area (Å²) in [7, 11) is 1.56. The zero-order chi connectivity index (χ0) is 19.2. The second-order valence-electron chi connectivity index (χ2n) is 7.08. The third kappa shape index (κ3) is 2.91. The smallest absolute Gasteiger partial charge is 0.325 e. The van der Waals surface area contributed by atoms with E-state index in [0.29, 0.717) is 5.75 Å². The number of aromatic amines is 1. The number of carbonyl (C=O) groups is 2. The molecule has 0 saturated carbocycles. The number of imidazole rings is 1. The van der Waals surface area contributed by atoms with Crippen LogP contribution < -0.4 is 10.1 Å². The van der Waals surface area contributed by atoms with Crippen LogP contribution in [-0.4, -0.2) is 39.5 Å². The fourth-order valence-electron chi connectivity index (χ4n) is 3.27. The molecule has 1 aliphatic rings. The van der Waals surface area contributed by atoms with Crippen molar-refractivity contribution in [3.8, 4) is 17.1 Å². The van der Waals surface area contributed by atoms with E-state index in [9.17, 15) is 9.59 Å². The number of H-pyrrole nitrogens is 1. The quantitative estimate of drug-likeness (QED) is 0.697. The highest BCUT2D eigenvalue weighted by atomic mass is 16.5. The highest BCUT2D eigenvalue weighted by molar-refractivity contribution is 6.06. The number of fused-ring (bicyclic) bond motifs is 1. The maximum absolute atomic E-state index is 12.5. The molecule has 27 heavy (non-hydrogen) atoms. The summed E-state index contributed by atoms with van der Waals surface area (Å²) >= 11 is 0. The van der Waals surface area contributed by atoms with E-state index in [1.807, 2.05) is 42.5 Å². The van der Waals surface area contributed by atoms with Crippen LogP contribution in [0.4, 0.5) is 4.79 Å². The fourth-order valence-corrected chi connectivity index (χ4v) is 3.27. The van der Waals surface area contributed by atoms with Crippen LogP contribution in [0.15, 0.2) is 42.5 Å². The summed E-state index contributed by atoms with van der Waals surface area (Å²) in [4.78, 5) is 33.8. The number of methoxy groups -OCH3 is 1. The van der Waals surface area contributed by atoms with Crippen LogP contribution in [0.2, 0.25) is 0 Å². The Morgan fingerprint density at radius 3 is 2.59 bits per heavy atom. The molecule has 7 nitrogen and oxygen atoms in total. The lowest BCUT2D eigenvalue weighted by Gasteiger charge is -2.18. The second kappa shape index (κ2) is 6.12. The molecule has 2 N–H and O–H groups in total. The molecule has 4 rings (SSSR count). The van der Waals surface area contributed by atoms with E-state index in [1.165, 1.54) is 4.90 Å². The Bertz CT molecular complexity index is 1020. The largest absolute Gasteiger partial charge is 0.496 e. The van der Waals surface area contributed by atoms with Gasteiger partial charge in [-0.3, -0.25) is 9.69 Å². The lowest BCUT2D eigenvalue weighted by molar-refractivity contribution is -0.130. The van der Waals surface area contributed by atoms with Gasteiger partial charge in [0.2, 0.25) is 0 Å². The number of imide groups is 1. The molecule has 3 amide bonds. The van der Waals surface area contributed by atoms with E-state index < -0.39 is 11.6 Å². The molecule has 1 aliphatic heterocycles. The topological polar surface area (TPSA) is 87.3 Å². The first-order chi connectivity index (χ1) is 12.9. The molecule has 1 aromatic heterocycles. The molecule has 0 bridgehead atoms. The van der Waals surface area contributed by atoms with Crippen molar-refractivity contribution in [1.82, 2.24) is 20.2 Å².